The van der Waals surface area contributed by atoms with Crippen molar-refractivity contribution in [2.45, 2.75) is 51.0 Å². The second-order valence-electron chi connectivity index (χ2n) is 6.84. The predicted molar refractivity (Wildman–Crippen MR) is 91.4 cm³/mol. The van der Waals surface area contributed by atoms with Gasteiger partial charge in [-0.1, -0.05) is 12.8 Å². The van der Waals surface area contributed by atoms with E-state index in [0.29, 0.717) is 17.6 Å². The van der Waals surface area contributed by atoms with Gasteiger partial charge in [0.15, 0.2) is 0 Å². The van der Waals surface area contributed by atoms with Crippen molar-refractivity contribution in [1.82, 2.24) is 9.88 Å². The quantitative estimate of drug-likeness (QED) is 0.864. The van der Waals surface area contributed by atoms with Gasteiger partial charge in [-0.2, -0.15) is 0 Å². The summed E-state index contributed by atoms with van der Waals surface area (Å²) < 4.78 is 0. The number of aromatic nitrogens is 1. The molecule has 1 aliphatic carbocycles. The van der Waals surface area contributed by atoms with Gasteiger partial charge < -0.3 is 16.0 Å². The number of anilines is 1. The van der Waals surface area contributed by atoms with E-state index in [1.165, 1.54) is 25.7 Å². The van der Waals surface area contributed by atoms with Crippen LogP contribution in [0, 0.1) is 12.0 Å². The smallest absolute Gasteiger partial charge is 0.268 e. The molecule has 1 saturated heterocycles. The van der Waals surface area contributed by atoms with Crippen LogP contribution in [0.25, 0.3) is 0 Å². The molecule has 1 aliphatic heterocycles. The van der Waals surface area contributed by atoms with E-state index >= 15 is 0 Å². The van der Waals surface area contributed by atoms with Crippen molar-refractivity contribution in [3.63, 3.8) is 0 Å². The Morgan fingerprint density at radius 3 is 2.62 bits per heavy atom. The molecular formula is C18H25N4O2. The number of likely N-dealkylation sites (tertiary alicyclic amines) is 1. The summed E-state index contributed by atoms with van der Waals surface area (Å²) >= 11 is 0. The van der Waals surface area contributed by atoms with Crippen LogP contribution in [0.15, 0.2) is 12.1 Å². The third-order valence-electron chi connectivity index (χ3n) is 5.06. The van der Waals surface area contributed by atoms with Gasteiger partial charge in [0.05, 0.1) is 0 Å². The van der Waals surface area contributed by atoms with Crippen molar-refractivity contribution in [3.05, 3.63) is 23.9 Å². The molecular weight excluding hydrogens is 304 g/mol. The minimum absolute atomic E-state index is 0.143. The van der Waals surface area contributed by atoms with Crippen LogP contribution in [-0.4, -0.2) is 40.8 Å². The Morgan fingerprint density at radius 1 is 1.25 bits per heavy atom. The summed E-state index contributed by atoms with van der Waals surface area (Å²) in [6.45, 7) is 1.57. The van der Waals surface area contributed by atoms with Crippen molar-refractivity contribution >= 4 is 17.6 Å². The minimum atomic E-state index is -0.578. The van der Waals surface area contributed by atoms with E-state index in [0.717, 1.165) is 32.4 Å². The number of nitrogens with two attached hydrogens (primary N) is 1. The fourth-order valence-corrected chi connectivity index (χ4v) is 3.67. The molecule has 0 atom stereocenters. The number of hydrogen-bond donors (Lipinski definition) is 2. The molecule has 0 bridgehead atoms. The summed E-state index contributed by atoms with van der Waals surface area (Å²) in [7, 11) is 0. The topological polar surface area (TPSA) is 88.3 Å². The molecule has 1 aromatic heterocycles. The predicted octanol–water partition coefficient (Wildman–Crippen LogP) is 1.96. The Bertz CT molecular complexity index is 590. The maximum absolute atomic E-state index is 12.4. The number of carbonyl (C=O) groups excluding carboxylic acids is 2. The highest BCUT2D eigenvalue weighted by Gasteiger charge is 2.26. The second-order valence-corrected chi connectivity index (χ2v) is 6.84. The lowest BCUT2D eigenvalue weighted by Crippen LogP contribution is -2.42. The van der Waals surface area contributed by atoms with Gasteiger partial charge >= 0.3 is 0 Å². The molecule has 1 radical (unpaired) electrons. The van der Waals surface area contributed by atoms with E-state index in [1.54, 1.807) is 12.1 Å². The van der Waals surface area contributed by atoms with Crippen molar-refractivity contribution < 1.29 is 9.59 Å². The highest BCUT2D eigenvalue weighted by Crippen LogP contribution is 2.28. The third-order valence-corrected chi connectivity index (χ3v) is 5.06. The number of primary amides is 1. The number of nitrogens with one attached hydrogen (secondary N) is 1. The molecule has 3 rings (SSSR count). The van der Waals surface area contributed by atoms with Gasteiger partial charge in [0.25, 0.3) is 5.91 Å². The van der Waals surface area contributed by atoms with Crippen LogP contribution in [0.5, 0.6) is 0 Å². The summed E-state index contributed by atoms with van der Waals surface area (Å²) in [5, 5.41) is 3.33. The number of carbonyl (C=O) groups is 2. The fourth-order valence-electron chi connectivity index (χ4n) is 3.67. The first-order valence-electron chi connectivity index (χ1n) is 8.84. The molecule has 1 aromatic rings. The number of nitrogens with zero attached hydrogens (tertiary/aromatic N) is 2. The molecule has 24 heavy (non-hydrogen) atoms. The lowest BCUT2D eigenvalue weighted by Gasteiger charge is -2.33. The number of rotatable bonds is 5. The first kappa shape index (κ1) is 16.7. The molecule has 1 saturated carbocycles. The number of amides is 2. The average Bonchev–Trinajstić information content (AvgIpc) is 3.08. The van der Waals surface area contributed by atoms with Gasteiger partial charge in [0.2, 0.25) is 5.91 Å². The van der Waals surface area contributed by atoms with Crippen molar-refractivity contribution in [1.29, 1.82) is 0 Å². The van der Waals surface area contributed by atoms with E-state index in [1.807, 2.05) is 4.90 Å². The summed E-state index contributed by atoms with van der Waals surface area (Å²) in [5.41, 5.74) is 5.37. The van der Waals surface area contributed by atoms with Gasteiger partial charge in [-0.05, 0) is 43.7 Å². The molecule has 2 fully saturated rings. The lowest BCUT2D eigenvalue weighted by molar-refractivity contribution is -0.133. The van der Waals surface area contributed by atoms with E-state index in [2.05, 4.69) is 16.4 Å². The number of piperidine rings is 1. The molecule has 3 N–H and O–H groups in total. The summed E-state index contributed by atoms with van der Waals surface area (Å²) in [6, 6.07) is 6.41. The maximum atomic E-state index is 12.4. The van der Waals surface area contributed by atoms with Crippen LogP contribution in [0.2, 0.25) is 0 Å². The van der Waals surface area contributed by atoms with Gasteiger partial charge in [-0.25, -0.2) is 4.98 Å². The first-order chi connectivity index (χ1) is 11.6. The molecule has 0 spiro atoms. The molecule has 2 heterocycles. The van der Waals surface area contributed by atoms with Crippen molar-refractivity contribution in [2.75, 3.05) is 18.4 Å². The Morgan fingerprint density at radius 2 is 1.96 bits per heavy atom. The second kappa shape index (κ2) is 7.64. The maximum Gasteiger partial charge on any atom is 0.268 e. The Labute approximate surface area is 142 Å². The van der Waals surface area contributed by atoms with Crippen LogP contribution in [0.4, 0.5) is 5.82 Å². The summed E-state index contributed by atoms with van der Waals surface area (Å²) in [5.74, 6) is 0.971. The zero-order valence-electron chi connectivity index (χ0n) is 14.0. The molecule has 2 amide bonds. The largest absolute Gasteiger partial charge is 0.367 e. The fraction of sp³-hybridized carbons (Fsp3) is 0.611. The Kier molecular flexibility index (Phi) is 5.33. The zero-order chi connectivity index (χ0) is 16.9. The van der Waals surface area contributed by atoms with Crippen LogP contribution in [-0.2, 0) is 4.79 Å². The third kappa shape index (κ3) is 4.24. The Balaban J connectivity index is 1.47. The number of pyridine rings is 1. The van der Waals surface area contributed by atoms with E-state index in [9.17, 15) is 9.59 Å². The molecule has 2 aliphatic rings. The van der Waals surface area contributed by atoms with E-state index in [4.69, 9.17) is 5.73 Å². The molecule has 6 nitrogen and oxygen atoms in total. The first-order valence-corrected chi connectivity index (χ1v) is 8.84. The van der Waals surface area contributed by atoms with Gasteiger partial charge in [0.1, 0.15) is 11.5 Å². The molecule has 129 valence electrons. The Hall–Kier alpha value is -2.11. The minimum Gasteiger partial charge on any atom is -0.367 e. The molecule has 6 heteroatoms. The van der Waals surface area contributed by atoms with Crippen LogP contribution in [0.3, 0.4) is 0 Å². The van der Waals surface area contributed by atoms with Crippen LogP contribution < -0.4 is 11.1 Å². The van der Waals surface area contributed by atoms with E-state index < -0.39 is 5.91 Å². The standard InChI is InChI=1S/C18H25N4O2/c19-18(24)15-6-3-7-16(21-15)20-14-8-10-22(11-9-14)17(23)12-13-4-1-2-5-13/h3,7,13-14H,1-2,4-5,8-12H2,(H2,19,24)(H,20,21). The van der Waals surface area contributed by atoms with Crippen LogP contribution in [0.1, 0.15) is 55.4 Å². The SMILES string of the molecule is NC(=O)c1[c]ccc(NC2CCN(C(=O)CC3CCCC3)CC2)n1. The van der Waals surface area contributed by atoms with Gasteiger partial charge in [-0.3, -0.25) is 9.59 Å². The molecule has 0 aromatic carbocycles. The van der Waals surface area contributed by atoms with Crippen molar-refractivity contribution in [2.24, 2.45) is 11.7 Å². The normalized spacial score (nSPS) is 19.4. The summed E-state index contributed by atoms with van der Waals surface area (Å²) in [4.78, 5) is 29.7. The lowest BCUT2D eigenvalue weighted by atomic mass is 10.0. The monoisotopic (exact) mass is 329 g/mol. The van der Waals surface area contributed by atoms with Gasteiger partial charge in [0, 0.05) is 31.6 Å². The van der Waals surface area contributed by atoms with Crippen LogP contribution >= 0.6 is 0 Å². The van der Waals surface area contributed by atoms with Crippen molar-refractivity contribution in [3.8, 4) is 0 Å². The summed E-state index contributed by atoms with van der Waals surface area (Å²) in [6.07, 6.45) is 7.48. The highest BCUT2D eigenvalue weighted by molar-refractivity contribution is 5.90. The highest BCUT2D eigenvalue weighted by atomic mass is 16.2. The molecule has 0 unspecified atom stereocenters. The van der Waals surface area contributed by atoms with E-state index in [-0.39, 0.29) is 11.7 Å². The van der Waals surface area contributed by atoms with Gasteiger partial charge in [-0.15, -0.1) is 0 Å². The number of hydrogen-bond acceptors (Lipinski definition) is 4. The zero-order valence-corrected chi connectivity index (χ0v) is 14.0. The average molecular weight is 329 g/mol.